The Morgan fingerprint density at radius 1 is 1.00 bits per heavy atom. The lowest BCUT2D eigenvalue weighted by atomic mass is 9.84. The van der Waals surface area contributed by atoms with Crippen LogP contribution in [-0.2, 0) is 0 Å². The van der Waals surface area contributed by atoms with Crippen molar-refractivity contribution in [1.82, 2.24) is 5.32 Å². The van der Waals surface area contributed by atoms with Crippen molar-refractivity contribution in [3.05, 3.63) is 35.9 Å². The summed E-state index contributed by atoms with van der Waals surface area (Å²) in [6.07, 6.45) is 7.12. The average molecular weight is 231 g/mol. The number of hydrogen-bond donors (Lipinski definition) is 1. The highest BCUT2D eigenvalue weighted by Gasteiger charge is 2.21. The summed E-state index contributed by atoms with van der Waals surface area (Å²) in [6, 6.07) is 11.9. The van der Waals surface area contributed by atoms with E-state index in [0.29, 0.717) is 12.1 Å². The molecule has 1 fully saturated rings. The first-order valence-corrected chi connectivity index (χ1v) is 7.08. The van der Waals surface area contributed by atoms with Gasteiger partial charge in [0, 0.05) is 12.1 Å². The fraction of sp³-hybridized carbons (Fsp3) is 0.625. The first kappa shape index (κ1) is 12.6. The third kappa shape index (κ3) is 3.57. The van der Waals surface area contributed by atoms with Crippen molar-refractivity contribution in [2.45, 2.75) is 58.0 Å². The SMILES string of the molecule is C[C@H](N[C@@H](C)C1CCCCC1)c1ccccc1. The Kier molecular flexibility index (Phi) is 4.61. The third-order valence-electron chi connectivity index (χ3n) is 4.17. The van der Waals surface area contributed by atoms with Gasteiger partial charge in [-0.15, -0.1) is 0 Å². The molecule has 0 heterocycles. The molecule has 0 aromatic heterocycles. The maximum atomic E-state index is 3.77. The summed E-state index contributed by atoms with van der Waals surface area (Å²) in [5.74, 6) is 0.884. The van der Waals surface area contributed by atoms with Crippen molar-refractivity contribution in [1.29, 1.82) is 0 Å². The van der Waals surface area contributed by atoms with Crippen LogP contribution < -0.4 is 5.32 Å². The van der Waals surface area contributed by atoms with Gasteiger partial charge in [0.2, 0.25) is 0 Å². The molecular formula is C16H25N. The minimum Gasteiger partial charge on any atom is -0.307 e. The Hall–Kier alpha value is -0.820. The second-order valence-corrected chi connectivity index (χ2v) is 5.49. The molecule has 1 nitrogen and oxygen atoms in total. The van der Waals surface area contributed by atoms with Gasteiger partial charge < -0.3 is 5.32 Å². The van der Waals surface area contributed by atoms with Crippen LogP contribution >= 0.6 is 0 Å². The van der Waals surface area contributed by atoms with Gasteiger partial charge in [0.05, 0.1) is 0 Å². The van der Waals surface area contributed by atoms with Crippen LogP contribution in [0.15, 0.2) is 30.3 Å². The zero-order chi connectivity index (χ0) is 12.1. The minimum atomic E-state index is 0.466. The van der Waals surface area contributed by atoms with Crippen LogP contribution in [0.4, 0.5) is 0 Å². The van der Waals surface area contributed by atoms with Crippen LogP contribution in [0.2, 0.25) is 0 Å². The van der Waals surface area contributed by atoms with E-state index in [4.69, 9.17) is 0 Å². The number of rotatable bonds is 4. The van der Waals surface area contributed by atoms with Gasteiger partial charge in [-0.3, -0.25) is 0 Å². The molecule has 0 saturated heterocycles. The van der Waals surface area contributed by atoms with Crippen LogP contribution in [0.25, 0.3) is 0 Å². The number of nitrogens with one attached hydrogen (secondary N) is 1. The first-order valence-electron chi connectivity index (χ1n) is 7.08. The number of benzene rings is 1. The average Bonchev–Trinajstić information content (AvgIpc) is 2.40. The lowest BCUT2D eigenvalue weighted by Gasteiger charge is -2.30. The van der Waals surface area contributed by atoms with Crippen molar-refractivity contribution in [3.8, 4) is 0 Å². The largest absolute Gasteiger partial charge is 0.307 e. The lowest BCUT2D eigenvalue weighted by molar-refractivity contribution is 0.268. The predicted octanol–water partition coefficient (Wildman–Crippen LogP) is 4.31. The molecule has 1 heteroatoms. The van der Waals surface area contributed by atoms with E-state index >= 15 is 0 Å². The highest BCUT2D eigenvalue weighted by atomic mass is 14.9. The van der Waals surface area contributed by atoms with Crippen molar-refractivity contribution >= 4 is 0 Å². The molecule has 1 aromatic rings. The van der Waals surface area contributed by atoms with Crippen molar-refractivity contribution in [2.75, 3.05) is 0 Å². The van der Waals surface area contributed by atoms with Gasteiger partial charge in [-0.1, -0.05) is 49.6 Å². The normalized spacial score (nSPS) is 21.1. The summed E-state index contributed by atoms with van der Waals surface area (Å²) in [6.45, 7) is 4.63. The summed E-state index contributed by atoms with van der Waals surface area (Å²) in [5.41, 5.74) is 1.40. The fourth-order valence-electron chi connectivity index (χ4n) is 3.00. The van der Waals surface area contributed by atoms with Gasteiger partial charge in [0.1, 0.15) is 0 Å². The summed E-state index contributed by atoms with van der Waals surface area (Å²) in [4.78, 5) is 0. The maximum absolute atomic E-state index is 3.77. The molecule has 0 aliphatic heterocycles. The van der Waals surface area contributed by atoms with E-state index in [1.807, 2.05) is 0 Å². The Balaban J connectivity index is 1.87. The first-order chi connectivity index (χ1) is 8.27. The van der Waals surface area contributed by atoms with Gasteiger partial charge in [0.15, 0.2) is 0 Å². The van der Waals surface area contributed by atoms with Gasteiger partial charge in [0.25, 0.3) is 0 Å². The zero-order valence-corrected chi connectivity index (χ0v) is 11.2. The molecule has 0 spiro atoms. The molecule has 1 N–H and O–H groups in total. The molecule has 17 heavy (non-hydrogen) atoms. The molecule has 2 rings (SSSR count). The Morgan fingerprint density at radius 3 is 2.29 bits per heavy atom. The third-order valence-corrected chi connectivity index (χ3v) is 4.17. The monoisotopic (exact) mass is 231 g/mol. The zero-order valence-electron chi connectivity index (χ0n) is 11.2. The van der Waals surface area contributed by atoms with Crippen molar-refractivity contribution in [2.24, 2.45) is 5.92 Å². The van der Waals surface area contributed by atoms with E-state index in [0.717, 1.165) is 5.92 Å². The van der Waals surface area contributed by atoms with Crippen LogP contribution in [0.3, 0.4) is 0 Å². The molecule has 1 aliphatic rings. The van der Waals surface area contributed by atoms with Gasteiger partial charge in [-0.25, -0.2) is 0 Å². The predicted molar refractivity (Wildman–Crippen MR) is 74.0 cm³/mol. The van der Waals surface area contributed by atoms with Crippen LogP contribution in [0.1, 0.15) is 57.6 Å². The molecule has 1 saturated carbocycles. The fourth-order valence-corrected chi connectivity index (χ4v) is 3.00. The van der Waals surface area contributed by atoms with E-state index < -0.39 is 0 Å². The van der Waals surface area contributed by atoms with E-state index in [1.165, 1.54) is 37.7 Å². The highest BCUT2D eigenvalue weighted by molar-refractivity contribution is 5.18. The van der Waals surface area contributed by atoms with E-state index in [9.17, 15) is 0 Å². The quantitative estimate of drug-likeness (QED) is 0.814. The van der Waals surface area contributed by atoms with Crippen molar-refractivity contribution < 1.29 is 0 Å². The molecule has 0 unspecified atom stereocenters. The van der Waals surface area contributed by atoms with E-state index in [2.05, 4.69) is 49.5 Å². The lowest BCUT2D eigenvalue weighted by Crippen LogP contribution is -2.36. The van der Waals surface area contributed by atoms with Gasteiger partial charge >= 0.3 is 0 Å². The van der Waals surface area contributed by atoms with E-state index in [-0.39, 0.29) is 0 Å². The number of hydrogen-bond acceptors (Lipinski definition) is 1. The molecule has 1 aromatic carbocycles. The van der Waals surface area contributed by atoms with Crippen LogP contribution in [0, 0.1) is 5.92 Å². The Bertz CT molecular complexity index is 314. The van der Waals surface area contributed by atoms with Gasteiger partial charge in [-0.05, 0) is 38.2 Å². The molecular weight excluding hydrogens is 206 g/mol. The summed E-state index contributed by atoms with van der Waals surface area (Å²) >= 11 is 0. The molecule has 94 valence electrons. The molecule has 2 atom stereocenters. The molecule has 0 bridgehead atoms. The van der Waals surface area contributed by atoms with Crippen LogP contribution in [-0.4, -0.2) is 6.04 Å². The summed E-state index contributed by atoms with van der Waals surface area (Å²) in [7, 11) is 0. The standard InChI is InChI=1S/C16H25N/c1-13(15-9-5-3-6-10-15)17-14(2)16-11-7-4-8-12-16/h3,5-6,9-10,13-14,16-17H,4,7-8,11-12H2,1-2H3/t13-,14-/m0/s1. The highest BCUT2D eigenvalue weighted by Crippen LogP contribution is 2.27. The smallest absolute Gasteiger partial charge is 0.0294 e. The van der Waals surface area contributed by atoms with Crippen LogP contribution in [0.5, 0.6) is 0 Å². The second kappa shape index (κ2) is 6.20. The molecule has 0 radical (unpaired) electrons. The molecule has 1 aliphatic carbocycles. The molecule has 0 amide bonds. The topological polar surface area (TPSA) is 12.0 Å². The van der Waals surface area contributed by atoms with E-state index in [1.54, 1.807) is 0 Å². The second-order valence-electron chi connectivity index (χ2n) is 5.49. The minimum absolute atomic E-state index is 0.466. The maximum Gasteiger partial charge on any atom is 0.0294 e. The van der Waals surface area contributed by atoms with Crippen molar-refractivity contribution in [3.63, 3.8) is 0 Å². The Morgan fingerprint density at radius 2 is 1.65 bits per heavy atom. The van der Waals surface area contributed by atoms with Gasteiger partial charge in [-0.2, -0.15) is 0 Å². The summed E-state index contributed by atoms with van der Waals surface area (Å²) < 4.78 is 0. The Labute approximate surface area is 106 Å². The summed E-state index contributed by atoms with van der Waals surface area (Å²) in [5, 5.41) is 3.77.